The number of rotatable bonds is 7. The van der Waals surface area contributed by atoms with E-state index in [1.54, 1.807) is 0 Å². The summed E-state index contributed by atoms with van der Waals surface area (Å²) < 4.78 is 6.80. The van der Waals surface area contributed by atoms with Crippen molar-refractivity contribution in [2.75, 3.05) is 13.7 Å². The van der Waals surface area contributed by atoms with Gasteiger partial charge in [-0.05, 0) is 43.1 Å². The summed E-state index contributed by atoms with van der Waals surface area (Å²) in [7, 11) is 1.92. The lowest BCUT2D eigenvalue weighted by Crippen LogP contribution is -2.20. The molecule has 1 saturated carbocycles. The zero-order chi connectivity index (χ0) is 14.4. The van der Waals surface area contributed by atoms with Crippen molar-refractivity contribution in [3.63, 3.8) is 0 Å². The summed E-state index contributed by atoms with van der Waals surface area (Å²) in [4.78, 5) is 0. The van der Waals surface area contributed by atoms with Crippen LogP contribution in [0.4, 0.5) is 0 Å². The number of nitrogens with one attached hydrogen (secondary N) is 1. The number of benzene rings is 1. The Morgan fingerprint density at radius 2 is 2.15 bits per heavy atom. The van der Waals surface area contributed by atoms with E-state index in [0.717, 1.165) is 28.8 Å². The largest absolute Gasteiger partial charge is 0.491 e. The lowest BCUT2D eigenvalue weighted by Gasteiger charge is -2.16. The molecule has 0 saturated heterocycles. The second kappa shape index (κ2) is 8.01. The van der Waals surface area contributed by atoms with E-state index in [-0.39, 0.29) is 6.10 Å². The van der Waals surface area contributed by atoms with E-state index < -0.39 is 0 Å². The van der Waals surface area contributed by atoms with Crippen molar-refractivity contribution in [3.8, 4) is 5.75 Å². The van der Waals surface area contributed by atoms with Gasteiger partial charge in [-0.15, -0.1) is 0 Å². The lowest BCUT2D eigenvalue weighted by molar-refractivity contribution is 0.0855. The molecule has 0 spiro atoms. The molecule has 0 radical (unpaired) electrons. The zero-order valence-electron chi connectivity index (χ0n) is 12.1. The zero-order valence-corrected chi connectivity index (χ0v) is 13.7. The minimum Gasteiger partial charge on any atom is -0.491 e. The average Bonchev–Trinajstić information content (AvgIpc) is 2.93. The first-order valence-electron chi connectivity index (χ1n) is 7.43. The van der Waals surface area contributed by atoms with E-state index >= 15 is 0 Å². The standard InChI is InChI=1S/C16H24BrNO2/c1-18-10-13-9-15(6-7-16(13)17)20-11-14(19)8-12-4-2-3-5-12/h6-7,9,12,14,18-19H,2-5,8,10-11H2,1H3. The molecule has 2 rings (SSSR count). The van der Waals surface area contributed by atoms with E-state index in [4.69, 9.17) is 4.74 Å². The molecular formula is C16H24BrNO2. The minimum absolute atomic E-state index is 0.352. The van der Waals surface area contributed by atoms with Gasteiger partial charge >= 0.3 is 0 Å². The van der Waals surface area contributed by atoms with Gasteiger partial charge in [-0.25, -0.2) is 0 Å². The fourth-order valence-electron chi connectivity index (χ4n) is 2.86. The van der Waals surface area contributed by atoms with Gasteiger partial charge in [0.1, 0.15) is 12.4 Å². The number of ether oxygens (including phenoxy) is 1. The molecule has 1 atom stereocenters. The SMILES string of the molecule is CNCc1cc(OCC(O)CC2CCCC2)ccc1Br. The van der Waals surface area contributed by atoms with E-state index in [1.807, 2.05) is 25.2 Å². The molecule has 4 heteroatoms. The molecule has 1 unspecified atom stereocenters. The third-order valence-electron chi connectivity index (χ3n) is 3.91. The Bertz CT molecular complexity index is 419. The number of halogens is 1. The Labute approximate surface area is 129 Å². The maximum Gasteiger partial charge on any atom is 0.119 e. The van der Waals surface area contributed by atoms with E-state index in [1.165, 1.54) is 25.7 Å². The van der Waals surface area contributed by atoms with Gasteiger partial charge in [0, 0.05) is 11.0 Å². The summed E-state index contributed by atoms with van der Waals surface area (Å²) in [5, 5.41) is 13.2. The Morgan fingerprint density at radius 3 is 2.85 bits per heavy atom. The van der Waals surface area contributed by atoms with E-state index in [0.29, 0.717) is 12.5 Å². The van der Waals surface area contributed by atoms with Crippen LogP contribution in [0.3, 0.4) is 0 Å². The summed E-state index contributed by atoms with van der Waals surface area (Å²) in [6, 6.07) is 5.94. The molecule has 0 bridgehead atoms. The average molecular weight is 342 g/mol. The normalized spacial score (nSPS) is 17.4. The highest BCUT2D eigenvalue weighted by Crippen LogP contribution is 2.29. The Balaban J connectivity index is 1.81. The molecule has 1 aromatic carbocycles. The molecule has 3 nitrogen and oxygen atoms in total. The van der Waals surface area contributed by atoms with E-state index in [2.05, 4.69) is 21.2 Å². The van der Waals surface area contributed by atoms with Crippen molar-refractivity contribution >= 4 is 15.9 Å². The summed E-state index contributed by atoms with van der Waals surface area (Å²) >= 11 is 3.52. The smallest absolute Gasteiger partial charge is 0.119 e. The van der Waals surface area contributed by atoms with Crippen molar-refractivity contribution < 1.29 is 9.84 Å². The van der Waals surface area contributed by atoms with Crippen LogP contribution in [0.2, 0.25) is 0 Å². The van der Waals surface area contributed by atoms with Gasteiger partial charge in [0.15, 0.2) is 0 Å². The molecule has 1 fully saturated rings. The Hall–Kier alpha value is -0.580. The lowest BCUT2D eigenvalue weighted by atomic mass is 10.0. The second-order valence-electron chi connectivity index (χ2n) is 5.63. The minimum atomic E-state index is -0.352. The van der Waals surface area contributed by atoms with Crippen LogP contribution in [0.15, 0.2) is 22.7 Å². The fourth-order valence-corrected chi connectivity index (χ4v) is 3.24. The van der Waals surface area contributed by atoms with Gasteiger partial charge in [0.25, 0.3) is 0 Å². The van der Waals surface area contributed by atoms with Crippen LogP contribution >= 0.6 is 15.9 Å². The molecule has 2 N–H and O–H groups in total. The fraction of sp³-hybridized carbons (Fsp3) is 0.625. The maximum absolute atomic E-state index is 10.1. The first kappa shape index (κ1) is 15.8. The Morgan fingerprint density at radius 1 is 1.40 bits per heavy atom. The highest BCUT2D eigenvalue weighted by Gasteiger charge is 2.19. The second-order valence-corrected chi connectivity index (χ2v) is 6.49. The van der Waals surface area contributed by atoms with Crippen LogP contribution in [0.25, 0.3) is 0 Å². The van der Waals surface area contributed by atoms with Crippen LogP contribution in [-0.4, -0.2) is 24.9 Å². The molecule has 20 heavy (non-hydrogen) atoms. The number of hydrogen-bond donors (Lipinski definition) is 2. The van der Waals surface area contributed by atoms with Crippen LogP contribution in [0, 0.1) is 5.92 Å². The third-order valence-corrected chi connectivity index (χ3v) is 4.68. The molecular weight excluding hydrogens is 318 g/mol. The molecule has 1 aromatic rings. The summed E-state index contributed by atoms with van der Waals surface area (Å²) in [5.41, 5.74) is 1.16. The summed E-state index contributed by atoms with van der Waals surface area (Å²) in [5.74, 6) is 1.52. The molecule has 0 aromatic heterocycles. The predicted octanol–water partition coefficient (Wildman–Crippen LogP) is 3.49. The first-order chi connectivity index (χ1) is 9.69. The molecule has 0 aliphatic heterocycles. The monoisotopic (exact) mass is 341 g/mol. The summed E-state index contributed by atoms with van der Waals surface area (Å²) in [6.45, 7) is 1.18. The van der Waals surface area contributed by atoms with Crippen LogP contribution in [-0.2, 0) is 6.54 Å². The van der Waals surface area contributed by atoms with Crippen molar-refractivity contribution in [2.45, 2.75) is 44.8 Å². The molecule has 0 amide bonds. The molecule has 1 aliphatic carbocycles. The topological polar surface area (TPSA) is 41.5 Å². The first-order valence-corrected chi connectivity index (χ1v) is 8.22. The summed E-state index contributed by atoms with van der Waals surface area (Å²) in [6.07, 6.45) is 5.69. The van der Waals surface area contributed by atoms with Gasteiger partial charge < -0.3 is 15.2 Å². The van der Waals surface area contributed by atoms with E-state index in [9.17, 15) is 5.11 Å². The quantitative estimate of drug-likeness (QED) is 0.797. The van der Waals surface area contributed by atoms with Crippen LogP contribution < -0.4 is 10.1 Å². The third kappa shape index (κ3) is 4.76. The maximum atomic E-state index is 10.1. The Kier molecular flexibility index (Phi) is 6.33. The molecule has 112 valence electrons. The highest BCUT2D eigenvalue weighted by atomic mass is 79.9. The van der Waals surface area contributed by atoms with Crippen molar-refractivity contribution in [2.24, 2.45) is 5.92 Å². The van der Waals surface area contributed by atoms with Crippen LogP contribution in [0.5, 0.6) is 5.75 Å². The van der Waals surface area contributed by atoms with Gasteiger partial charge in [-0.1, -0.05) is 41.6 Å². The number of aliphatic hydroxyl groups is 1. The van der Waals surface area contributed by atoms with Crippen molar-refractivity contribution in [1.29, 1.82) is 0 Å². The molecule has 1 aliphatic rings. The molecule has 0 heterocycles. The van der Waals surface area contributed by atoms with Gasteiger partial charge in [-0.2, -0.15) is 0 Å². The highest BCUT2D eigenvalue weighted by molar-refractivity contribution is 9.10. The number of hydrogen-bond acceptors (Lipinski definition) is 3. The van der Waals surface area contributed by atoms with Gasteiger partial charge in [0.2, 0.25) is 0 Å². The predicted molar refractivity (Wildman–Crippen MR) is 85.0 cm³/mol. The van der Waals surface area contributed by atoms with Gasteiger partial charge in [0.05, 0.1) is 6.10 Å². The number of aliphatic hydroxyl groups excluding tert-OH is 1. The van der Waals surface area contributed by atoms with Crippen molar-refractivity contribution in [1.82, 2.24) is 5.32 Å². The van der Waals surface area contributed by atoms with Crippen molar-refractivity contribution in [3.05, 3.63) is 28.2 Å². The van der Waals surface area contributed by atoms with Crippen LogP contribution in [0.1, 0.15) is 37.7 Å². The van der Waals surface area contributed by atoms with Gasteiger partial charge in [-0.3, -0.25) is 0 Å².